The van der Waals surface area contributed by atoms with E-state index in [1.54, 1.807) is 11.8 Å². The van der Waals surface area contributed by atoms with Crippen LogP contribution in [0.1, 0.15) is 12.2 Å². The van der Waals surface area contributed by atoms with Crippen molar-refractivity contribution in [2.45, 2.75) is 35.7 Å². The zero-order valence-electron chi connectivity index (χ0n) is 17.4. The molecule has 4 nitrogen and oxygen atoms in total. The number of hydrogen-bond acceptors (Lipinski definition) is 2. The van der Waals surface area contributed by atoms with E-state index in [9.17, 15) is 4.79 Å². The molecule has 1 aromatic heterocycles. The zero-order valence-corrected chi connectivity index (χ0v) is 19.0. The number of carbonyl (C=O) groups is 1. The summed E-state index contributed by atoms with van der Waals surface area (Å²) in [5.74, 6) is 1.32. The van der Waals surface area contributed by atoms with Gasteiger partial charge >= 0.3 is 0 Å². The van der Waals surface area contributed by atoms with Gasteiger partial charge in [0, 0.05) is 15.4 Å². The first-order valence-electron chi connectivity index (χ1n) is 10.7. The van der Waals surface area contributed by atoms with E-state index in [1.807, 2.05) is 47.4 Å². The van der Waals surface area contributed by atoms with E-state index in [0.717, 1.165) is 40.6 Å². The first kappa shape index (κ1) is 20.9. The van der Waals surface area contributed by atoms with E-state index in [1.165, 1.54) is 17.1 Å². The molecule has 0 aliphatic carbocycles. The fourth-order valence-electron chi connectivity index (χ4n) is 4.68. The molecular weight excluding hydrogens is 438 g/mol. The summed E-state index contributed by atoms with van der Waals surface area (Å²) >= 11 is 1.73. The molecule has 6 rings (SSSR count). The Morgan fingerprint density at radius 3 is 2.19 bits per heavy atom. The third-order valence-electron chi connectivity index (χ3n) is 6.05. The number of carbonyl (C=O) groups excluding carboxylic acids is 1. The number of fused-ring (bicyclic) bond motifs is 3. The molecule has 160 valence electrons. The van der Waals surface area contributed by atoms with Crippen LogP contribution in [0, 0.1) is 0 Å². The molecule has 3 heterocycles. The largest absolute Gasteiger partial charge is 1.00 e. The summed E-state index contributed by atoms with van der Waals surface area (Å²) in [6, 6.07) is 26.8. The van der Waals surface area contributed by atoms with Gasteiger partial charge in [0.1, 0.15) is 6.20 Å². The van der Waals surface area contributed by atoms with Crippen LogP contribution in [0.2, 0.25) is 0 Å². The summed E-state index contributed by atoms with van der Waals surface area (Å²) in [5, 5.41) is 0. The second kappa shape index (κ2) is 8.49. The highest BCUT2D eigenvalue weighted by Gasteiger charge is 2.33. The maximum atomic E-state index is 13.7. The highest BCUT2D eigenvalue weighted by Crippen LogP contribution is 2.47. The third kappa shape index (κ3) is 3.42. The molecule has 0 spiro atoms. The Labute approximate surface area is 197 Å². The van der Waals surface area contributed by atoms with Gasteiger partial charge in [-0.2, -0.15) is 0 Å². The zero-order chi connectivity index (χ0) is 20.8. The Morgan fingerprint density at radius 1 is 0.875 bits per heavy atom. The molecule has 0 unspecified atom stereocenters. The van der Waals surface area contributed by atoms with Crippen LogP contribution in [0.5, 0.6) is 0 Å². The minimum atomic E-state index is 0. The summed E-state index contributed by atoms with van der Waals surface area (Å²) in [6.45, 7) is 1.34. The van der Waals surface area contributed by atoms with Crippen LogP contribution in [0.15, 0.2) is 94.9 Å². The predicted octanol–water partition coefficient (Wildman–Crippen LogP) is 2.22. The minimum absolute atomic E-state index is 0. The summed E-state index contributed by atoms with van der Waals surface area (Å²) in [5.41, 5.74) is 4.32. The number of rotatable bonds is 3. The van der Waals surface area contributed by atoms with Crippen LogP contribution < -0.4 is 21.9 Å². The Kier molecular flexibility index (Phi) is 5.53. The third-order valence-corrected chi connectivity index (χ3v) is 7.18. The fourth-order valence-corrected chi connectivity index (χ4v) is 5.73. The molecule has 1 amide bonds. The number of para-hydroxylation sites is 2. The van der Waals surface area contributed by atoms with Crippen molar-refractivity contribution in [2.24, 2.45) is 0 Å². The van der Waals surface area contributed by atoms with Crippen LogP contribution in [-0.2, 0) is 24.3 Å². The molecule has 0 bridgehead atoms. The standard InChI is InChI=1S/C26H22N3OS.ClH/c30-26(29-20-11-4-6-13-23(20)31-24-14-7-5-12-21(24)29)18-27-17-22(19-9-2-1-3-10-19)28-16-8-15-25(27)28;/h1-7,9-14,17H,8,15-16,18H2;1H/q+1;/p-1. The van der Waals surface area contributed by atoms with Gasteiger partial charge in [0.15, 0.2) is 12.2 Å². The molecule has 2 aliphatic rings. The smallest absolute Gasteiger partial charge is 0.273 e. The number of aromatic nitrogens is 2. The molecule has 0 radical (unpaired) electrons. The lowest BCUT2D eigenvalue weighted by atomic mass is 10.2. The molecular formula is C26H22ClN3OS. The van der Waals surface area contributed by atoms with E-state index < -0.39 is 0 Å². The molecule has 3 aromatic carbocycles. The average Bonchev–Trinajstić information content (AvgIpc) is 3.42. The van der Waals surface area contributed by atoms with E-state index in [4.69, 9.17) is 0 Å². The van der Waals surface area contributed by atoms with Gasteiger partial charge in [-0.1, -0.05) is 66.4 Å². The topological polar surface area (TPSA) is 29.1 Å². The van der Waals surface area contributed by atoms with E-state index >= 15 is 0 Å². The van der Waals surface area contributed by atoms with Gasteiger partial charge in [-0.15, -0.1) is 0 Å². The van der Waals surface area contributed by atoms with Crippen molar-refractivity contribution < 1.29 is 21.8 Å². The van der Waals surface area contributed by atoms with E-state index in [2.05, 4.69) is 51.7 Å². The van der Waals surface area contributed by atoms with Crippen LogP contribution >= 0.6 is 11.8 Å². The van der Waals surface area contributed by atoms with Gasteiger partial charge in [0.25, 0.3) is 11.7 Å². The molecule has 0 atom stereocenters. The normalized spacial score (nSPS) is 13.7. The van der Waals surface area contributed by atoms with Crippen molar-refractivity contribution in [3.8, 4) is 11.3 Å². The van der Waals surface area contributed by atoms with E-state index in [0.29, 0.717) is 6.54 Å². The van der Waals surface area contributed by atoms with Crippen molar-refractivity contribution in [1.82, 2.24) is 4.57 Å². The molecule has 4 aromatic rings. The summed E-state index contributed by atoms with van der Waals surface area (Å²) < 4.78 is 4.53. The van der Waals surface area contributed by atoms with Crippen LogP contribution in [0.25, 0.3) is 11.3 Å². The first-order chi connectivity index (χ1) is 15.3. The SMILES string of the molecule is O=C(C[n+]1cc(-c2ccccc2)n2c1CCC2)N1c2ccccc2Sc2ccccc21.[Cl-]. The summed E-state index contributed by atoms with van der Waals surface area (Å²) in [7, 11) is 0. The second-order valence-electron chi connectivity index (χ2n) is 7.95. The Hall–Kier alpha value is -3.02. The van der Waals surface area contributed by atoms with E-state index in [-0.39, 0.29) is 18.3 Å². The molecule has 32 heavy (non-hydrogen) atoms. The number of halogens is 1. The minimum Gasteiger partial charge on any atom is -1.00 e. The second-order valence-corrected chi connectivity index (χ2v) is 9.03. The summed E-state index contributed by atoms with van der Waals surface area (Å²) in [6.07, 6.45) is 4.28. The van der Waals surface area contributed by atoms with Gasteiger partial charge in [-0.05, 0) is 30.7 Å². The molecule has 0 N–H and O–H groups in total. The van der Waals surface area contributed by atoms with Gasteiger partial charge in [-0.25, -0.2) is 9.13 Å². The van der Waals surface area contributed by atoms with Crippen molar-refractivity contribution >= 4 is 29.0 Å². The maximum Gasteiger partial charge on any atom is 0.273 e. The fraction of sp³-hybridized carbons (Fsp3) is 0.154. The first-order valence-corrected chi connectivity index (χ1v) is 11.5. The quantitative estimate of drug-likeness (QED) is 0.440. The lowest BCUT2D eigenvalue weighted by molar-refractivity contribution is -0.690. The number of benzene rings is 3. The molecule has 2 aliphatic heterocycles. The Morgan fingerprint density at radius 2 is 1.50 bits per heavy atom. The molecule has 0 fully saturated rings. The lowest BCUT2D eigenvalue weighted by Crippen LogP contribution is -3.00. The number of hydrogen-bond donors (Lipinski definition) is 0. The van der Waals surface area contributed by atoms with Crippen molar-refractivity contribution in [3.05, 3.63) is 90.9 Å². The van der Waals surface area contributed by atoms with Crippen molar-refractivity contribution in [1.29, 1.82) is 0 Å². The number of amides is 1. The highest BCUT2D eigenvalue weighted by molar-refractivity contribution is 7.99. The Bertz CT molecular complexity index is 1260. The lowest BCUT2D eigenvalue weighted by Gasteiger charge is -2.30. The highest BCUT2D eigenvalue weighted by atomic mass is 35.5. The Balaban J connectivity index is 0.00000216. The van der Waals surface area contributed by atoms with Gasteiger partial charge in [0.05, 0.1) is 24.3 Å². The number of imidazole rings is 1. The van der Waals surface area contributed by atoms with Crippen molar-refractivity contribution in [2.75, 3.05) is 4.90 Å². The maximum absolute atomic E-state index is 13.7. The molecule has 0 saturated heterocycles. The monoisotopic (exact) mass is 459 g/mol. The number of anilines is 2. The van der Waals surface area contributed by atoms with Crippen molar-refractivity contribution in [3.63, 3.8) is 0 Å². The molecule has 6 heteroatoms. The van der Waals surface area contributed by atoms with Crippen LogP contribution in [-0.4, -0.2) is 10.5 Å². The van der Waals surface area contributed by atoms with Crippen LogP contribution in [0.3, 0.4) is 0 Å². The van der Waals surface area contributed by atoms with Gasteiger partial charge in [-0.3, -0.25) is 9.69 Å². The average molecular weight is 460 g/mol. The molecule has 0 saturated carbocycles. The van der Waals surface area contributed by atoms with Gasteiger partial charge in [0.2, 0.25) is 0 Å². The predicted molar refractivity (Wildman–Crippen MR) is 123 cm³/mol. The summed E-state index contributed by atoms with van der Waals surface area (Å²) in [4.78, 5) is 17.9. The number of nitrogens with zero attached hydrogens (tertiary/aromatic N) is 3. The van der Waals surface area contributed by atoms with Crippen LogP contribution in [0.4, 0.5) is 11.4 Å². The van der Waals surface area contributed by atoms with Gasteiger partial charge < -0.3 is 12.4 Å².